The van der Waals surface area contributed by atoms with Crippen molar-refractivity contribution in [2.45, 2.75) is 6.54 Å². The Bertz CT molecular complexity index is 519. The monoisotopic (exact) mass is 295 g/mol. The molecule has 2 rings (SSSR count). The van der Waals surface area contributed by atoms with Gasteiger partial charge in [-0.05, 0) is 39.7 Å². The molecule has 1 aromatic carbocycles. The van der Waals surface area contributed by atoms with Gasteiger partial charge < -0.3 is 14.8 Å². The van der Waals surface area contributed by atoms with E-state index in [-0.39, 0.29) is 11.7 Å². The number of phenolic OH excluding ortho intramolecular Hbond substituents is 1. The van der Waals surface area contributed by atoms with E-state index in [2.05, 4.69) is 21.2 Å². The molecule has 0 atom stereocenters. The van der Waals surface area contributed by atoms with Crippen LogP contribution in [0.4, 0.5) is 0 Å². The molecule has 5 heteroatoms. The lowest BCUT2D eigenvalue weighted by Crippen LogP contribution is -2.22. The van der Waals surface area contributed by atoms with Gasteiger partial charge in [-0.2, -0.15) is 0 Å². The predicted octanol–water partition coefficient (Wildman–Crippen LogP) is 2.68. The highest BCUT2D eigenvalue weighted by molar-refractivity contribution is 9.10. The number of amides is 1. The highest BCUT2D eigenvalue weighted by Crippen LogP contribution is 2.17. The molecule has 1 amide bonds. The second-order valence-corrected chi connectivity index (χ2v) is 4.18. The fourth-order valence-corrected chi connectivity index (χ4v) is 1.77. The average Bonchev–Trinajstić information content (AvgIpc) is 2.74. The molecule has 0 bridgehead atoms. The maximum absolute atomic E-state index is 11.7. The zero-order chi connectivity index (χ0) is 12.3. The van der Waals surface area contributed by atoms with Gasteiger partial charge in [0.25, 0.3) is 5.91 Å². The Hall–Kier alpha value is -1.75. The molecule has 0 saturated heterocycles. The van der Waals surface area contributed by atoms with Crippen molar-refractivity contribution in [3.8, 4) is 5.75 Å². The normalized spacial score (nSPS) is 10.2. The molecule has 0 unspecified atom stereocenters. The molecule has 0 radical (unpaired) electrons. The first-order valence-corrected chi connectivity index (χ1v) is 5.75. The topological polar surface area (TPSA) is 62.5 Å². The Labute approximate surface area is 106 Å². The Morgan fingerprint density at radius 1 is 1.29 bits per heavy atom. The van der Waals surface area contributed by atoms with Crippen LogP contribution in [-0.2, 0) is 6.54 Å². The third-order valence-corrected chi connectivity index (χ3v) is 2.87. The smallest absolute Gasteiger partial charge is 0.256 e. The van der Waals surface area contributed by atoms with E-state index in [9.17, 15) is 4.79 Å². The van der Waals surface area contributed by atoms with Crippen LogP contribution in [-0.4, -0.2) is 11.0 Å². The van der Waals surface area contributed by atoms with Gasteiger partial charge >= 0.3 is 0 Å². The van der Waals surface area contributed by atoms with Crippen LogP contribution >= 0.6 is 15.9 Å². The highest BCUT2D eigenvalue weighted by atomic mass is 79.9. The van der Waals surface area contributed by atoms with Crippen LogP contribution in [0.25, 0.3) is 0 Å². The van der Waals surface area contributed by atoms with Gasteiger partial charge in [0.05, 0.1) is 11.8 Å². The molecule has 0 spiro atoms. The van der Waals surface area contributed by atoms with E-state index in [0.29, 0.717) is 16.8 Å². The Kier molecular flexibility index (Phi) is 3.49. The van der Waals surface area contributed by atoms with Gasteiger partial charge in [-0.3, -0.25) is 4.79 Å². The van der Waals surface area contributed by atoms with Gasteiger partial charge in [0.2, 0.25) is 0 Å². The van der Waals surface area contributed by atoms with Gasteiger partial charge in [0.15, 0.2) is 4.67 Å². The fourth-order valence-electron chi connectivity index (χ4n) is 1.35. The quantitative estimate of drug-likeness (QED) is 0.915. The molecule has 4 nitrogen and oxygen atoms in total. The summed E-state index contributed by atoms with van der Waals surface area (Å²) in [5.74, 6) is -0.00337. The van der Waals surface area contributed by atoms with Crippen LogP contribution < -0.4 is 5.32 Å². The minimum absolute atomic E-state index is 0.206. The number of halogens is 1. The summed E-state index contributed by atoms with van der Waals surface area (Å²) in [6.07, 6.45) is 1.44. The van der Waals surface area contributed by atoms with Crippen molar-refractivity contribution in [3.63, 3.8) is 0 Å². The van der Waals surface area contributed by atoms with E-state index in [4.69, 9.17) is 9.52 Å². The maximum atomic E-state index is 11.7. The molecule has 0 aliphatic heterocycles. The third kappa shape index (κ3) is 2.88. The number of furan rings is 1. The highest BCUT2D eigenvalue weighted by Gasteiger charge is 2.11. The molecule has 17 heavy (non-hydrogen) atoms. The van der Waals surface area contributed by atoms with Crippen LogP contribution in [0.5, 0.6) is 5.75 Å². The van der Waals surface area contributed by atoms with Crippen LogP contribution in [0.2, 0.25) is 0 Å². The summed E-state index contributed by atoms with van der Waals surface area (Å²) in [4.78, 5) is 11.7. The lowest BCUT2D eigenvalue weighted by atomic mass is 10.2. The number of nitrogens with one attached hydrogen (secondary N) is 1. The molecular weight excluding hydrogens is 286 g/mol. The van der Waals surface area contributed by atoms with Gasteiger partial charge in [0, 0.05) is 6.54 Å². The summed E-state index contributed by atoms with van der Waals surface area (Å²) in [5, 5.41) is 11.9. The van der Waals surface area contributed by atoms with Crippen molar-refractivity contribution in [2.75, 3.05) is 0 Å². The molecule has 0 saturated carbocycles. The summed E-state index contributed by atoms with van der Waals surface area (Å²) in [5.41, 5.74) is 1.37. The van der Waals surface area contributed by atoms with Crippen molar-refractivity contribution in [3.05, 3.63) is 52.4 Å². The minimum atomic E-state index is -0.210. The van der Waals surface area contributed by atoms with E-state index in [1.54, 1.807) is 30.3 Å². The van der Waals surface area contributed by atoms with Crippen molar-refractivity contribution < 1.29 is 14.3 Å². The van der Waals surface area contributed by atoms with Crippen molar-refractivity contribution in [1.82, 2.24) is 5.32 Å². The predicted molar refractivity (Wildman–Crippen MR) is 65.7 cm³/mol. The first kappa shape index (κ1) is 11.7. The van der Waals surface area contributed by atoms with E-state index < -0.39 is 0 Å². The van der Waals surface area contributed by atoms with Gasteiger partial charge in [-0.15, -0.1) is 0 Å². The number of aromatic hydroxyl groups is 1. The van der Waals surface area contributed by atoms with Gasteiger partial charge in [-0.25, -0.2) is 0 Å². The summed E-state index contributed by atoms with van der Waals surface area (Å²) >= 11 is 3.14. The zero-order valence-corrected chi connectivity index (χ0v) is 10.4. The number of hydrogen-bond acceptors (Lipinski definition) is 3. The molecule has 2 N–H and O–H groups in total. The van der Waals surface area contributed by atoms with Crippen LogP contribution in [0.15, 0.2) is 45.7 Å². The van der Waals surface area contributed by atoms with Crippen molar-refractivity contribution in [1.29, 1.82) is 0 Å². The van der Waals surface area contributed by atoms with Gasteiger partial charge in [0.1, 0.15) is 5.75 Å². The number of carbonyl (C=O) groups is 1. The summed E-state index contributed by atoms with van der Waals surface area (Å²) < 4.78 is 5.39. The molecule has 2 aromatic rings. The van der Waals surface area contributed by atoms with Crippen molar-refractivity contribution in [2.24, 2.45) is 0 Å². The molecular formula is C12H10BrNO3. The van der Waals surface area contributed by atoms with E-state index in [0.717, 1.165) is 5.56 Å². The molecule has 1 heterocycles. The molecule has 0 fully saturated rings. The molecule has 0 aliphatic rings. The van der Waals surface area contributed by atoms with Gasteiger partial charge in [-0.1, -0.05) is 12.1 Å². The molecule has 1 aromatic heterocycles. The largest absolute Gasteiger partial charge is 0.508 e. The SMILES string of the molecule is O=C(NCc1ccc(O)cc1)c1ccoc1Br. The third-order valence-electron chi connectivity index (χ3n) is 2.25. The Morgan fingerprint density at radius 2 is 2.00 bits per heavy atom. The second-order valence-electron chi connectivity index (χ2n) is 3.46. The Morgan fingerprint density at radius 3 is 2.59 bits per heavy atom. The number of phenols is 1. The van der Waals surface area contributed by atoms with E-state index in [1.165, 1.54) is 6.26 Å². The first-order valence-electron chi connectivity index (χ1n) is 4.96. The number of benzene rings is 1. The molecule has 88 valence electrons. The summed E-state index contributed by atoms with van der Waals surface area (Å²) in [7, 11) is 0. The second kappa shape index (κ2) is 5.05. The van der Waals surface area contributed by atoms with Crippen LogP contribution in [0, 0.1) is 0 Å². The van der Waals surface area contributed by atoms with E-state index >= 15 is 0 Å². The lowest BCUT2D eigenvalue weighted by Gasteiger charge is -2.04. The zero-order valence-electron chi connectivity index (χ0n) is 8.81. The summed E-state index contributed by atoms with van der Waals surface area (Å²) in [6.45, 7) is 0.400. The fraction of sp³-hybridized carbons (Fsp3) is 0.0833. The van der Waals surface area contributed by atoms with Crippen LogP contribution in [0.1, 0.15) is 15.9 Å². The van der Waals surface area contributed by atoms with Crippen molar-refractivity contribution >= 4 is 21.8 Å². The Balaban J connectivity index is 1.97. The summed E-state index contributed by atoms with van der Waals surface area (Å²) in [6, 6.07) is 8.25. The molecule has 0 aliphatic carbocycles. The standard InChI is InChI=1S/C12H10BrNO3/c13-11-10(5-6-17-11)12(16)14-7-8-1-3-9(15)4-2-8/h1-6,15H,7H2,(H,14,16). The number of carbonyl (C=O) groups excluding carboxylic acids is 1. The van der Waals surface area contributed by atoms with Crippen LogP contribution in [0.3, 0.4) is 0 Å². The minimum Gasteiger partial charge on any atom is -0.508 e. The number of hydrogen-bond donors (Lipinski definition) is 2. The average molecular weight is 296 g/mol. The first-order chi connectivity index (χ1) is 8.16. The van der Waals surface area contributed by atoms with E-state index in [1.807, 2.05) is 0 Å². The number of rotatable bonds is 3. The lowest BCUT2D eigenvalue weighted by molar-refractivity contribution is 0.0949. The maximum Gasteiger partial charge on any atom is 0.256 e.